The number of azide groups is 1. The van der Waals surface area contributed by atoms with Crippen molar-refractivity contribution in [3.8, 4) is 5.75 Å². The zero-order valence-electron chi connectivity index (χ0n) is 6.99. The molecule has 0 aliphatic rings. The molecule has 0 atom stereocenters. The molecule has 0 spiro atoms. The van der Waals surface area contributed by atoms with E-state index in [0.717, 1.165) is 6.07 Å². The van der Waals surface area contributed by atoms with E-state index in [1.54, 1.807) is 0 Å². The Morgan fingerprint density at radius 3 is 2.60 bits per heavy atom. The lowest BCUT2D eigenvalue weighted by atomic mass is 10.3. The molecule has 1 aromatic rings. The third-order valence-electron chi connectivity index (χ3n) is 1.30. The highest BCUT2D eigenvalue weighted by Gasteiger charge is 2.32. The molecule has 0 fully saturated rings. The minimum atomic E-state index is -4.82. The molecule has 80 valence electrons. The van der Waals surface area contributed by atoms with E-state index >= 15 is 0 Å². The zero-order chi connectivity index (χ0) is 11.5. The summed E-state index contributed by atoms with van der Waals surface area (Å²) in [6.45, 7) is 0. The monoisotopic (exact) mass is 281 g/mol. The minimum Gasteiger partial charge on any atom is -0.405 e. The first-order valence-corrected chi connectivity index (χ1v) is 4.32. The van der Waals surface area contributed by atoms with Gasteiger partial charge in [-0.3, -0.25) is 0 Å². The maximum absolute atomic E-state index is 11.9. The van der Waals surface area contributed by atoms with Crippen LogP contribution in [0.1, 0.15) is 0 Å². The molecule has 0 aliphatic carbocycles. The van der Waals surface area contributed by atoms with Gasteiger partial charge in [-0.1, -0.05) is 21.0 Å². The Hall–Kier alpha value is -1.40. The molecule has 0 saturated heterocycles. The van der Waals surface area contributed by atoms with Gasteiger partial charge in [-0.2, -0.15) is 0 Å². The number of hydrogen-bond donors (Lipinski definition) is 0. The first-order valence-electron chi connectivity index (χ1n) is 3.53. The molecule has 0 bridgehead atoms. The second kappa shape index (κ2) is 4.41. The van der Waals surface area contributed by atoms with Crippen LogP contribution >= 0.6 is 15.9 Å². The van der Waals surface area contributed by atoms with Gasteiger partial charge in [0.05, 0.1) is 5.69 Å². The van der Waals surface area contributed by atoms with Gasteiger partial charge in [0.2, 0.25) is 0 Å². The summed E-state index contributed by atoms with van der Waals surface area (Å²) >= 11 is 2.97. The normalized spacial score (nSPS) is 10.7. The summed E-state index contributed by atoms with van der Waals surface area (Å²) in [4.78, 5) is 2.39. The van der Waals surface area contributed by atoms with Gasteiger partial charge in [0.25, 0.3) is 0 Å². The van der Waals surface area contributed by atoms with E-state index in [-0.39, 0.29) is 5.69 Å². The molecule has 0 aliphatic heterocycles. The van der Waals surface area contributed by atoms with Crippen molar-refractivity contribution < 1.29 is 17.9 Å². The predicted molar refractivity (Wildman–Crippen MR) is 49.6 cm³/mol. The van der Waals surface area contributed by atoms with Gasteiger partial charge in [-0.25, -0.2) is 0 Å². The van der Waals surface area contributed by atoms with Gasteiger partial charge in [0, 0.05) is 9.38 Å². The van der Waals surface area contributed by atoms with Crippen LogP contribution in [0.25, 0.3) is 10.4 Å². The van der Waals surface area contributed by atoms with Crippen LogP contribution in [0, 0.1) is 0 Å². The van der Waals surface area contributed by atoms with Crippen LogP contribution in [0.4, 0.5) is 18.9 Å². The topological polar surface area (TPSA) is 58.0 Å². The Labute approximate surface area is 90.4 Å². The molecule has 4 nitrogen and oxygen atoms in total. The Morgan fingerprint density at radius 1 is 1.40 bits per heavy atom. The lowest BCUT2D eigenvalue weighted by Crippen LogP contribution is -2.17. The smallest absolute Gasteiger partial charge is 0.405 e. The van der Waals surface area contributed by atoms with Crippen LogP contribution in [-0.2, 0) is 0 Å². The van der Waals surface area contributed by atoms with E-state index in [4.69, 9.17) is 5.53 Å². The molecular formula is C7H3BrF3N3O. The fourth-order valence-corrected chi connectivity index (χ4v) is 1.17. The van der Waals surface area contributed by atoms with E-state index in [2.05, 4.69) is 30.7 Å². The van der Waals surface area contributed by atoms with E-state index in [0.29, 0.717) is 4.47 Å². The number of halogens is 4. The third-order valence-corrected chi connectivity index (χ3v) is 1.79. The molecule has 15 heavy (non-hydrogen) atoms. The van der Waals surface area contributed by atoms with Crippen molar-refractivity contribution >= 4 is 21.6 Å². The summed E-state index contributed by atoms with van der Waals surface area (Å²) in [5.74, 6) is -0.547. The molecule has 0 N–H and O–H groups in total. The fourth-order valence-electron chi connectivity index (χ4n) is 0.825. The minimum absolute atomic E-state index is 0.224. The van der Waals surface area contributed by atoms with E-state index in [1.165, 1.54) is 12.1 Å². The molecule has 0 heterocycles. The summed E-state index contributed by atoms with van der Waals surface area (Å²) < 4.78 is 39.8. The molecule has 8 heteroatoms. The van der Waals surface area contributed by atoms with Crippen LogP contribution in [0.5, 0.6) is 5.75 Å². The van der Waals surface area contributed by atoms with Crippen molar-refractivity contribution in [2.24, 2.45) is 5.11 Å². The van der Waals surface area contributed by atoms with Crippen molar-refractivity contribution in [2.45, 2.75) is 6.36 Å². The molecule has 0 amide bonds. The summed E-state index contributed by atoms with van der Waals surface area (Å²) in [5.41, 5.74) is 7.90. The molecule has 0 radical (unpaired) electrons. The number of alkyl halides is 3. The lowest BCUT2D eigenvalue weighted by Gasteiger charge is -2.10. The lowest BCUT2D eigenvalue weighted by molar-refractivity contribution is -0.274. The largest absolute Gasteiger partial charge is 0.573 e. The molecular weight excluding hydrogens is 279 g/mol. The SMILES string of the molecule is [N-]=[N+]=Nc1ccc(Br)cc1OC(F)(F)F. The quantitative estimate of drug-likeness (QED) is 0.453. The van der Waals surface area contributed by atoms with Gasteiger partial charge >= 0.3 is 6.36 Å². The van der Waals surface area contributed by atoms with Crippen molar-refractivity contribution in [3.05, 3.63) is 33.1 Å². The summed E-state index contributed by atoms with van der Waals surface area (Å²) in [5, 5.41) is 3.07. The Kier molecular flexibility index (Phi) is 3.43. The second-order valence-corrected chi connectivity index (χ2v) is 3.26. The standard InChI is InChI=1S/C7H3BrF3N3O/c8-4-1-2-5(13-14-12)6(3-4)15-7(9,10)11/h1-3H. The van der Waals surface area contributed by atoms with Gasteiger partial charge < -0.3 is 4.74 Å². The second-order valence-electron chi connectivity index (χ2n) is 2.35. The maximum Gasteiger partial charge on any atom is 0.573 e. The van der Waals surface area contributed by atoms with Crippen molar-refractivity contribution in [2.75, 3.05) is 0 Å². The summed E-state index contributed by atoms with van der Waals surface area (Å²) in [7, 11) is 0. The molecule has 0 saturated carbocycles. The van der Waals surface area contributed by atoms with Crippen molar-refractivity contribution in [1.82, 2.24) is 0 Å². The molecule has 1 aromatic carbocycles. The van der Waals surface area contributed by atoms with Crippen LogP contribution in [0.15, 0.2) is 27.8 Å². The molecule has 0 aromatic heterocycles. The van der Waals surface area contributed by atoms with Crippen molar-refractivity contribution in [1.29, 1.82) is 0 Å². The highest BCUT2D eigenvalue weighted by Crippen LogP contribution is 2.34. The Bertz CT molecular complexity index is 414. The summed E-state index contributed by atoms with van der Waals surface area (Å²) in [6.07, 6.45) is -4.82. The highest BCUT2D eigenvalue weighted by atomic mass is 79.9. The predicted octanol–water partition coefficient (Wildman–Crippen LogP) is 4.29. The van der Waals surface area contributed by atoms with Gasteiger partial charge in [0.1, 0.15) is 5.75 Å². The van der Waals surface area contributed by atoms with Crippen LogP contribution in [0.2, 0.25) is 0 Å². The number of hydrogen-bond acceptors (Lipinski definition) is 2. The zero-order valence-corrected chi connectivity index (χ0v) is 8.58. The van der Waals surface area contributed by atoms with Gasteiger partial charge in [0.15, 0.2) is 0 Å². The maximum atomic E-state index is 11.9. The molecule has 0 unspecified atom stereocenters. The number of rotatable bonds is 2. The highest BCUT2D eigenvalue weighted by molar-refractivity contribution is 9.10. The average Bonchev–Trinajstić information content (AvgIpc) is 2.07. The van der Waals surface area contributed by atoms with E-state index in [1.807, 2.05) is 0 Å². The van der Waals surface area contributed by atoms with Crippen LogP contribution in [-0.4, -0.2) is 6.36 Å². The van der Waals surface area contributed by atoms with E-state index < -0.39 is 12.1 Å². The van der Waals surface area contributed by atoms with Gasteiger partial charge in [-0.05, 0) is 23.7 Å². The van der Waals surface area contributed by atoms with Crippen molar-refractivity contribution in [3.63, 3.8) is 0 Å². The first-order chi connectivity index (χ1) is 6.92. The number of ether oxygens (including phenoxy) is 1. The fraction of sp³-hybridized carbons (Fsp3) is 0.143. The Balaban J connectivity index is 3.13. The Morgan fingerprint density at radius 2 is 2.07 bits per heavy atom. The van der Waals surface area contributed by atoms with Crippen LogP contribution < -0.4 is 4.74 Å². The number of nitrogens with zero attached hydrogens (tertiary/aromatic N) is 3. The number of benzene rings is 1. The molecule has 1 rings (SSSR count). The van der Waals surface area contributed by atoms with Crippen LogP contribution in [0.3, 0.4) is 0 Å². The van der Waals surface area contributed by atoms with E-state index in [9.17, 15) is 13.2 Å². The first kappa shape index (κ1) is 11.7. The third kappa shape index (κ3) is 3.69. The summed E-state index contributed by atoms with van der Waals surface area (Å²) in [6, 6.07) is 3.72. The average molecular weight is 282 g/mol. The van der Waals surface area contributed by atoms with Gasteiger partial charge in [-0.15, -0.1) is 13.2 Å².